The van der Waals surface area contributed by atoms with Gasteiger partial charge in [0.2, 0.25) is 11.8 Å². The summed E-state index contributed by atoms with van der Waals surface area (Å²) in [6.07, 6.45) is -0.412. The van der Waals surface area contributed by atoms with E-state index in [1.807, 2.05) is 0 Å². The SMILES string of the molecule is O=C(CN1CCC(c2ccc(F)cc2)(c2ccc(F)cc2)C1=O)N1C=C2CC=C(C(F)(F)F)C=C2C1. The second-order valence-corrected chi connectivity index (χ2v) is 9.10. The lowest BCUT2D eigenvalue weighted by molar-refractivity contribution is -0.138. The fourth-order valence-corrected chi connectivity index (χ4v) is 5.11. The normalized spacial score (nSPS) is 19.1. The summed E-state index contributed by atoms with van der Waals surface area (Å²) in [5.41, 5.74) is 0.171. The molecule has 9 heteroatoms. The second-order valence-electron chi connectivity index (χ2n) is 9.10. The van der Waals surface area contributed by atoms with Crippen molar-refractivity contribution in [2.45, 2.75) is 24.4 Å². The standard InChI is InChI=1S/C27H21F5N2O2/c28-22-7-3-19(4-8-22)26(20-5-9-23(29)10-6-20)11-12-33(25(26)36)16-24(35)34-14-17-1-2-21(27(30,31)32)13-18(17)15-34/h2-10,13-14H,1,11-12,15-16H2. The van der Waals surface area contributed by atoms with Gasteiger partial charge < -0.3 is 9.80 Å². The van der Waals surface area contributed by atoms with Crippen LogP contribution in [-0.2, 0) is 15.0 Å². The number of hydrogen-bond donors (Lipinski definition) is 0. The van der Waals surface area contributed by atoms with Gasteiger partial charge in [0.05, 0.1) is 12.1 Å². The molecule has 1 aliphatic carbocycles. The Morgan fingerprint density at radius 1 is 0.917 bits per heavy atom. The number of amides is 2. The summed E-state index contributed by atoms with van der Waals surface area (Å²) < 4.78 is 66.4. The third-order valence-electron chi connectivity index (χ3n) is 6.99. The van der Waals surface area contributed by atoms with Crippen molar-refractivity contribution in [1.29, 1.82) is 0 Å². The highest BCUT2D eigenvalue weighted by Crippen LogP contribution is 2.42. The van der Waals surface area contributed by atoms with Gasteiger partial charge in [-0.25, -0.2) is 8.78 Å². The van der Waals surface area contributed by atoms with Crippen molar-refractivity contribution in [3.05, 3.63) is 106 Å². The van der Waals surface area contributed by atoms with Crippen molar-refractivity contribution in [2.24, 2.45) is 0 Å². The number of fused-ring (bicyclic) bond motifs is 1. The summed E-state index contributed by atoms with van der Waals surface area (Å²) in [7, 11) is 0. The molecular formula is C27H21F5N2O2. The van der Waals surface area contributed by atoms with E-state index in [1.165, 1.54) is 64.5 Å². The molecule has 2 heterocycles. The van der Waals surface area contributed by atoms with Gasteiger partial charge in [-0.1, -0.05) is 30.3 Å². The Balaban J connectivity index is 1.37. The predicted molar refractivity (Wildman–Crippen MR) is 121 cm³/mol. The number of likely N-dealkylation sites (tertiary alicyclic amines) is 1. The van der Waals surface area contributed by atoms with Crippen molar-refractivity contribution in [1.82, 2.24) is 9.80 Å². The minimum Gasteiger partial charge on any atom is -0.332 e. The average molecular weight is 500 g/mol. The predicted octanol–water partition coefficient (Wildman–Crippen LogP) is 5.03. The molecule has 0 aromatic heterocycles. The van der Waals surface area contributed by atoms with Gasteiger partial charge in [0, 0.05) is 12.7 Å². The number of alkyl halides is 3. The first-order valence-electron chi connectivity index (χ1n) is 11.4. The highest BCUT2D eigenvalue weighted by molar-refractivity contribution is 5.96. The van der Waals surface area contributed by atoms with Crippen LogP contribution in [0.3, 0.4) is 0 Å². The smallest absolute Gasteiger partial charge is 0.332 e. The van der Waals surface area contributed by atoms with E-state index in [1.54, 1.807) is 0 Å². The van der Waals surface area contributed by atoms with Crippen LogP contribution in [0, 0.1) is 11.6 Å². The Kier molecular flexibility index (Phi) is 5.81. The van der Waals surface area contributed by atoms with Gasteiger partial charge in [-0.3, -0.25) is 9.59 Å². The topological polar surface area (TPSA) is 40.6 Å². The van der Waals surface area contributed by atoms with Crippen molar-refractivity contribution >= 4 is 11.8 Å². The van der Waals surface area contributed by atoms with Gasteiger partial charge in [0.25, 0.3) is 0 Å². The molecule has 0 saturated carbocycles. The van der Waals surface area contributed by atoms with Crippen LogP contribution >= 0.6 is 0 Å². The van der Waals surface area contributed by atoms with Crippen LogP contribution in [0.4, 0.5) is 22.0 Å². The Morgan fingerprint density at radius 2 is 1.50 bits per heavy atom. The Bertz CT molecular complexity index is 1260. The average Bonchev–Trinajstić information content (AvgIpc) is 3.41. The maximum absolute atomic E-state index is 13.8. The van der Waals surface area contributed by atoms with Crippen LogP contribution in [0.1, 0.15) is 24.0 Å². The highest BCUT2D eigenvalue weighted by atomic mass is 19.4. The number of nitrogens with zero attached hydrogens (tertiary/aromatic N) is 2. The van der Waals surface area contributed by atoms with Crippen LogP contribution in [0.2, 0.25) is 0 Å². The monoisotopic (exact) mass is 500 g/mol. The maximum atomic E-state index is 13.8. The molecule has 0 unspecified atom stereocenters. The van der Waals surface area contributed by atoms with Crippen LogP contribution < -0.4 is 0 Å². The van der Waals surface area contributed by atoms with E-state index in [0.29, 0.717) is 28.7 Å². The first-order valence-corrected chi connectivity index (χ1v) is 11.4. The minimum absolute atomic E-state index is 0.00465. The summed E-state index contributed by atoms with van der Waals surface area (Å²) in [5, 5.41) is 0. The quantitative estimate of drug-likeness (QED) is 0.553. The number of carbonyl (C=O) groups excluding carboxylic acids is 2. The first-order chi connectivity index (χ1) is 17.1. The Morgan fingerprint density at radius 3 is 2.06 bits per heavy atom. The summed E-state index contributed by atoms with van der Waals surface area (Å²) in [4.78, 5) is 29.5. The summed E-state index contributed by atoms with van der Waals surface area (Å²) in [5.74, 6) is -1.73. The summed E-state index contributed by atoms with van der Waals surface area (Å²) in [6, 6.07) is 11.0. The zero-order valence-electron chi connectivity index (χ0n) is 19.0. The number of carbonyl (C=O) groups is 2. The van der Waals surface area contributed by atoms with Crippen molar-refractivity contribution < 1.29 is 31.5 Å². The Labute approximate surface area is 204 Å². The number of hydrogen-bond acceptors (Lipinski definition) is 2. The molecule has 4 nitrogen and oxygen atoms in total. The molecule has 2 aromatic carbocycles. The number of allylic oxidation sites excluding steroid dienone is 3. The molecule has 0 N–H and O–H groups in total. The van der Waals surface area contributed by atoms with E-state index >= 15 is 0 Å². The van der Waals surface area contributed by atoms with Crippen LogP contribution in [0.15, 0.2) is 83.6 Å². The minimum atomic E-state index is -4.46. The number of halogens is 5. The zero-order valence-corrected chi connectivity index (χ0v) is 19.0. The second kappa shape index (κ2) is 8.72. The van der Waals surface area contributed by atoms with Gasteiger partial charge >= 0.3 is 6.18 Å². The van der Waals surface area contributed by atoms with E-state index in [-0.39, 0.29) is 32.0 Å². The van der Waals surface area contributed by atoms with Gasteiger partial charge in [0.1, 0.15) is 23.6 Å². The molecule has 2 aromatic rings. The zero-order chi connectivity index (χ0) is 25.7. The molecule has 0 atom stereocenters. The van der Waals surface area contributed by atoms with E-state index in [9.17, 15) is 31.5 Å². The van der Waals surface area contributed by atoms with Crippen LogP contribution in [-0.4, -0.2) is 47.4 Å². The van der Waals surface area contributed by atoms with Crippen LogP contribution in [0.5, 0.6) is 0 Å². The molecule has 0 radical (unpaired) electrons. The van der Waals surface area contributed by atoms with E-state index in [2.05, 4.69) is 0 Å². The number of benzene rings is 2. The molecule has 0 spiro atoms. The summed E-state index contributed by atoms with van der Waals surface area (Å²) in [6.45, 7) is -0.0313. The Hall–Kier alpha value is -3.75. The van der Waals surface area contributed by atoms with E-state index in [0.717, 1.165) is 12.2 Å². The molecule has 186 valence electrons. The van der Waals surface area contributed by atoms with Crippen LogP contribution in [0.25, 0.3) is 0 Å². The third-order valence-corrected chi connectivity index (χ3v) is 6.99. The molecule has 2 aliphatic heterocycles. The highest BCUT2D eigenvalue weighted by Gasteiger charge is 2.50. The lowest BCUT2D eigenvalue weighted by Crippen LogP contribution is -2.43. The molecule has 1 fully saturated rings. The molecule has 2 amide bonds. The van der Waals surface area contributed by atoms with Gasteiger partial charge in [0.15, 0.2) is 0 Å². The van der Waals surface area contributed by atoms with E-state index in [4.69, 9.17) is 0 Å². The molecular weight excluding hydrogens is 479 g/mol. The molecule has 36 heavy (non-hydrogen) atoms. The van der Waals surface area contributed by atoms with Crippen molar-refractivity contribution in [2.75, 3.05) is 19.6 Å². The first kappa shape index (κ1) is 24.0. The van der Waals surface area contributed by atoms with Gasteiger partial charge in [-0.05, 0) is 65.5 Å². The van der Waals surface area contributed by atoms with Gasteiger partial charge in [-0.15, -0.1) is 0 Å². The van der Waals surface area contributed by atoms with Gasteiger partial charge in [-0.2, -0.15) is 13.2 Å². The molecule has 1 saturated heterocycles. The van der Waals surface area contributed by atoms with Crippen molar-refractivity contribution in [3.8, 4) is 0 Å². The van der Waals surface area contributed by atoms with Crippen molar-refractivity contribution in [3.63, 3.8) is 0 Å². The lowest BCUT2D eigenvalue weighted by atomic mass is 9.73. The molecule has 0 bridgehead atoms. The third kappa shape index (κ3) is 4.12. The lowest BCUT2D eigenvalue weighted by Gasteiger charge is -2.29. The molecule has 5 rings (SSSR count). The fourth-order valence-electron chi connectivity index (χ4n) is 5.11. The maximum Gasteiger partial charge on any atom is 0.416 e. The number of rotatable bonds is 4. The van der Waals surface area contributed by atoms with E-state index < -0.39 is 34.7 Å². The largest absolute Gasteiger partial charge is 0.416 e. The molecule has 3 aliphatic rings. The summed E-state index contributed by atoms with van der Waals surface area (Å²) >= 11 is 0. The fraction of sp³-hybridized carbons (Fsp3) is 0.259.